The summed E-state index contributed by atoms with van der Waals surface area (Å²) in [6.45, 7) is 9.60. The van der Waals surface area contributed by atoms with Crippen LogP contribution in [0.5, 0.6) is 0 Å². The SMILES string of the molecule is CCCCC1C=C(C2=CC(CC)C(CC)CCCCCC2)CCCCC(CCCC)C1. The molecule has 0 aromatic heterocycles. The highest BCUT2D eigenvalue weighted by atomic mass is 14.3. The summed E-state index contributed by atoms with van der Waals surface area (Å²) in [6, 6.07) is 0. The van der Waals surface area contributed by atoms with Crippen LogP contribution in [0.1, 0.15) is 150 Å². The molecule has 0 heterocycles. The molecule has 0 N–H and O–H groups in total. The molecule has 0 fully saturated rings. The summed E-state index contributed by atoms with van der Waals surface area (Å²) in [5, 5.41) is 0. The Balaban J connectivity index is 2.29. The molecule has 2 aliphatic rings. The number of unbranched alkanes of at least 4 members (excludes halogenated alkanes) is 2. The summed E-state index contributed by atoms with van der Waals surface area (Å²) in [5.41, 5.74) is 3.56. The Morgan fingerprint density at radius 1 is 0.677 bits per heavy atom. The van der Waals surface area contributed by atoms with E-state index in [-0.39, 0.29) is 0 Å². The number of hydrogen-bond donors (Lipinski definition) is 0. The van der Waals surface area contributed by atoms with Gasteiger partial charge in [-0.25, -0.2) is 0 Å². The van der Waals surface area contributed by atoms with E-state index in [1.54, 1.807) is 11.1 Å². The van der Waals surface area contributed by atoms with Crippen LogP contribution < -0.4 is 0 Å². The molecule has 0 saturated carbocycles. The van der Waals surface area contributed by atoms with Crippen molar-refractivity contribution in [2.75, 3.05) is 0 Å². The average Bonchev–Trinajstić information content (AvgIpc) is 2.89. The molecule has 0 heteroatoms. The van der Waals surface area contributed by atoms with Crippen LogP contribution in [0.4, 0.5) is 0 Å². The van der Waals surface area contributed by atoms with E-state index in [2.05, 4.69) is 39.8 Å². The van der Waals surface area contributed by atoms with Gasteiger partial charge in [-0.1, -0.05) is 110 Å². The third-order valence-electron chi connectivity index (χ3n) is 8.48. The Hall–Kier alpha value is -0.520. The molecule has 4 unspecified atom stereocenters. The van der Waals surface area contributed by atoms with Gasteiger partial charge < -0.3 is 0 Å². The second-order valence-electron chi connectivity index (χ2n) is 11.0. The molecule has 2 rings (SSSR count). The lowest BCUT2D eigenvalue weighted by Gasteiger charge is -2.26. The van der Waals surface area contributed by atoms with Gasteiger partial charge in [-0.2, -0.15) is 0 Å². The second-order valence-corrected chi connectivity index (χ2v) is 11.0. The van der Waals surface area contributed by atoms with Gasteiger partial charge in [0.1, 0.15) is 0 Å². The summed E-state index contributed by atoms with van der Waals surface area (Å²) in [4.78, 5) is 0. The molecule has 0 aromatic rings. The van der Waals surface area contributed by atoms with Crippen molar-refractivity contribution in [3.8, 4) is 0 Å². The van der Waals surface area contributed by atoms with Crippen LogP contribution in [0.3, 0.4) is 0 Å². The fourth-order valence-electron chi connectivity index (χ4n) is 6.41. The lowest BCUT2D eigenvalue weighted by Crippen LogP contribution is -2.14. The van der Waals surface area contributed by atoms with Crippen LogP contribution in [-0.4, -0.2) is 0 Å². The molecule has 0 aromatic carbocycles. The maximum Gasteiger partial charge on any atom is -0.0202 e. The van der Waals surface area contributed by atoms with E-state index >= 15 is 0 Å². The third kappa shape index (κ3) is 9.88. The molecular formula is C31H56. The maximum atomic E-state index is 2.82. The Labute approximate surface area is 196 Å². The van der Waals surface area contributed by atoms with E-state index in [4.69, 9.17) is 0 Å². The molecule has 0 radical (unpaired) electrons. The number of allylic oxidation sites excluding steroid dienone is 4. The van der Waals surface area contributed by atoms with E-state index in [0.717, 1.165) is 23.7 Å². The van der Waals surface area contributed by atoms with Gasteiger partial charge in [-0.3, -0.25) is 0 Å². The summed E-state index contributed by atoms with van der Waals surface area (Å²) < 4.78 is 0. The van der Waals surface area contributed by atoms with Gasteiger partial charge >= 0.3 is 0 Å². The minimum Gasteiger partial charge on any atom is -0.0779 e. The summed E-state index contributed by atoms with van der Waals surface area (Å²) in [6.07, 6.45) is 32.5. The zero-order chi connectivity index (χ0) is 22.3. The second kappa shape index (κ2) is 16.1. The largest absolute Gasteiger partial charge is 0.0779 e. The van der Waals surface area contributed by atoms with Crippen LogP contribution in [-0.2, 0) is 0 Å². The quantitative estimate of drug-likeness (QED) is 0.342. The summed E-state index contributed by atoms with van der Waals surface area (Å²) in [5.74, 6) is 3.51. The van der Waals surface area contributed by atoms with E-state index in [9.17, 15) is 0 Å². The highest BCUT2D eigenvalue weighted by Gasteiger charge is 2.22. The highest BCUT2D eigenvalue weighted by molar-refractivity contribution is 5.32. The summed E-state index contributed by atoms with van der Waals surface area (Å²) >= 11 is 0. The zero-order valence-corrected chi connectivity index (χ0v) is 21.9. The van der Waals surface area contributed by atoms with Gasteiger partial charge in [-0.05, 0) is 86.2 Å². The van der Waals surface area contributed by atoms with Crippen LogP contribution in [0, 0.1) is 23.7 Å². The minimum absolute atomic E-state index is 0.804. The fraction of sp³-hybridized carbons (Fsp3) is 0.871. The monoisotopic (exact) mass is 428 g/mol. The Morgan fingerprint density at radius 3 is 2.03 bits per heavy atom. The Bertz CT molecular complexity index is 510. The number of hydrogen-bond acceptors (Lipinski definition) is 0. The van der Waals surface area contributed by atoms with Crippen molar-refractivity contribution in [1.82, 2.24) is 0 Å². The molecule has 0 aliphatic heterocycles. The van der Waals surface area contributed by atoms with E-state index in [1.165, 1.54) is 122 Å². The molecule has 0 amide bonds. The van der Waals surface area contributed by atoms with Gasteiger partial charge in [0, 0.05) is 0 Å². The Kier molecular flexibility index (Phi) is 13.9. The first kappa shape index (κ1) is 26.7. The van der Waals surface area contributed by atoms with Crippen LogP contribution in [0.2, 0.25) is 0 Å². The molecule has 0 nitrogen and oxygen atoms in total. The molecule has 31 heavy (non-hydrogen) atoms. The first-order chi connectivity index (χ1) is 15.2. The van der Waals surface area contributed by atoms with Crippen molar-refractivity contribution in [1.29, 1.82) is 0 Å². The highest BCUT2D eigenvalue weighted by Crippen LogP contribution is 2.37. The molecule has 0 bridgehead atoms. The first-order valence-electron chi connectivity index (χ1n) is 14.6. The standard InChI is InChI=1S/C31H56/c1-5-9-17-26-19-15-16-22-30(24-27(23-26)18-10-6-2)31-21-14-12-11-13-20-28(7-3)29(8-4)25-31/h24-29H,5-23H2,1-4H3. The normalized spacial score (nSPS) is 29.3. The predicted octanol–water partition coefficient (Wildman–Crippen LogP) is 10.8. The molecule has 0 spiro atoms. The first-order valence-corrected chi connectivity index (χ1v) is 14.6. The van der Waals surface area contributed by atoms with E-state index in [1.807, 2.05) is 0 Å². The predicted molar refractivity (Wildman–Crippen MR) is 141 cm³/mol. The third-order valence-corrected chi connectivity index (χ3v) is 8.48. The van der Waals surface area contributed by atoms with Crippen molar-refractivity contribution in [3.05, 3.63) is 23.3 Å². The average molecular weight is 429 g/mol. The lowest BCUT2D eigenvalue weighted by atomic mass is 9.79. The van der Waals surface area contributed by atoms with Crippen molar-refractivity contribution in [3.63, 3.8) is 0 Å². The van der Waals surface area contributed by atoms with Gasteiger partial charge in [0.25, 0.3) is 0 Å². The van der Waals surface area contributed by atoms with Gasteiger partial charge in [0.2, 0.25) is 0 Å². The van der Waals surface area contributed by atoms with Gasteiger partial charge in [-0.15, -0.1) is 0 Å². The van der Waals surface area contributed by atoms with Crippen molar-refractivity contribution in [2.24, 2.45) is 23.7 Å². The lowest BCUT2D eigenvalue weighted by molar-refractivity contribution is 0.332. The van der Waals surface area contributed by atoms with Crippen LogP contribution in [0.15, 0.2) is 23.3 Å². The molecular weight excluding hydrogens is 372 g/mol. The van der Waals surface area contributed by atoms with Crippen LogP contribution >= 0.6 is 0 Å². The van der Waals surface area contributed by atoms with Crippen molar-refractivity contribution in [2.45, 2.75) is 150 Å². The van der Waals surface area contributed by atoms with E-state index < -0.39 is 0 Å². The molecule has 2 aliphatic carbocycles. The van der Waals surface area contributed by atoms with Gasteiger partial charge in [0.05, 0.1) is 0 Å². The molecule has 0 saturated heterocycles. The minimum atomic E-state index is 0.804. The van der Waals surface area contributed by atoms with Crippen molar-refractivity contribution >= 4 is 0 Å². The zero-order valence-electron chi connectivity index (χ0n) is 21.9. The Morgan fingerprint density at radius 2 is 1.32 bits per heavy atom. The fourth-order valence-corrected chi connectivity index (χ4v) is 6.41. The smallest absolute Gasteiger partial charge is 0.0202 e. The van der Waals surface area contributed by atoms with Crippen LogP contribution in [0.25, 0.3) is 0 Å². The molecule has 4 atom stereocenters. The maximum absolute atomic E-state index is 2.82. The molecule has 180 valence electrons. The van der Waals surface area contributed by atoms with Crippen molar-refractivity contribution < 1.29 is 0 Å². The van der Waals surface area contributed by atoms with E-state index in [0.29, 0.717) is 0 Å². The topological polar surface area (TPSA) is 0 Å². The summed E-state index contributed by atoms with van der Waals surface area (Å²) in [7, 11) is 0. The van der Waals surface area contributed by atoms with Gasteiger partial charge in [0.15, 0.2) is 0 Å². The number of rotatable bonds is 9.